The smallest absolute Gasteiger partial charge is 0.115 e. The van der Waals surface area contributed by atoms with Gasteiger partial charge in [0.05, 0.1) is 0 Å². The highest BCUT2D eigenvalue weighted by molar-refractivity contribution is 5.55. The predicted molar refractivity (Wildman–Crippen MR) is 76.1 cm³/mol. The van der Waals surface area contributed by atoms with Gasteiger partial charge >= 0.3 is 0 Å². The van der Waals surface area contributed by atoms with Crippen molar-refractivity contribution in [1.29, 1.82) is 0 Å². The molecule has 0 aromatic heterocycles. The number of rotatable bonds is 3. The molecule has 94 valence electrons. The Kier molecular flexibility index (Phi) is 3.56. The Morgan fingerprint density at radius 1 is 1.06 bits per heavy atom. The second-order valence-electron chi connectivity index (χ2n) is 4.71. The lowest BCUT2D eigenvalue weighted by Crippen LogP contribution is -2.07. The van der Waals surface area contributed by atoms with E-state index in [0.717, 1.165) is 11.3 Å². The van der Waals surface area contributed by atoms with Gasteiger partial charge in [-0.15, -0.1) is 0 Å². The molecule has 2 N–H and O–H groups in total. The number of phenols is 1. The summed E-state index contributed by atoms with van der Waals surface area (Å²) < 4.78 is 0. The molecule has 0 spiro atoms. The lowest BCUT2D eigenvalue weighted by Gasteiger charge is -2.18. The van der Waals surface area contributed by atoms with Crippen molar-refractivity contribution >= 4 is 5.69 Å². The predicted octanol–water partition coefficient (Wildman–Crippen LogP) is 4.18. The van der Waals surface area contributed by atoms with E-state index in [0.29, 0.717) is 5.75 Å². The Bertz CT molecular complexity index is 549. The fourth-order valence-corrected chi connectivity index (χ4v) is 2.02. The zero-order valence-corrected chi connectivity index (χ0v) is 11.1. The van der Waals surface area contributed by atoms with Crippen LogP contribution in [0.1, 0.15) is 29.7 Å². The van der Waals surface area contributed by atoms with E-state index in [1.54, 1.807) is 12.1 Å². The maximum Gasteiger partial charge on any atom is 0.115 e. The molecule has 0 aliphatic rings. The molecule has 0 fully saturated rings. The second-order valence-corrected chi connectivity index (χ2v) is 4.71. The highest BCUT2D eigenvalue weighted by atomic mass is 16.3. The summed E-state index contributed by atoms with van der Waals surface area (Å²) in [5.41, 5.74) is 4.77. The molecule has 0 radical (unpaired) electrons. The van der Waals surface area contributed by atoms with Crippen LogP contribution in [0.15, 0.2) is 42.5 Å². The molecule has 0 bridgehead atoms. The van der Waals surface area contributed by atoms with Crippen molar-refractivity contribution < 1.29 is 5.11 Å². The molecule has 2 nitrogen and oxygen atoms in total. The first-order valence-corrected chi connectivity index (χ1v) is 6.19. The Balaban J connectivity index is 2.21. The topological polar surface area (TPSA) is 32.3 Å². The van der Waals surface area contributed by atoms with Crippen molar-refractivity contribution in [2.75, 3.05) is 5.32 Å². The second kappa shape index (κ2) is 5.13. The molecule has 0 aliphatic carbocycles. The van der Waals surface area contributed by atoms with Gasteiger partial charge in [0.2, 0.25) is 0 Å². The van der Waals surface area contributed by atoms with Gasteiger partial charge in [0.1, 0.15) is 5.75 Å². The van der Waals surface area contributed by atoms with E-state index in [1.165, 1.54) is 11.1 Å². The zero-order chi connectivity index (χ0) is 13.1. The average Bonchev–Trinajstić information content (AvgIpc) is 2.35. The van der Waals surface area contributed by atoms with Crippen molar-refractivity contribution in [3.05, 3.63) is 59.2 Å². The number of nitrogens with one attached hydrogen (secondary N) is 1. The average molecular weight is 241 g/mol. The maximum atomic E-state index is 9.50. The molecule has 0 aliphatic heterocycles. The number of hydrogen-bond donors (Lipinski definition) is 2. The van der Waals surface area contributed by atoms with Gasteiger partial charge < -0.3 is 10.4 Å². The van der Waals surface area contributed by atoms with Crippen molar-refractivity contribution in [3.63, 3.8) is 0 Å². The minimum absolute atomic E-state index is 0.164. The summed E-state index contributed by atoms with van der Waals surface area (Å²) in [6, 6.07) is 13.8. The molecular formula is C16H19NO. The maximum absolute atomic E-state index is 9.50. The largest absolute Gasteiger partial charge is 0.508 e. The summed E-state index contributed by atoms with van der Waals surface area (Å²) in [4.78, 5) is 0. The molecule has 0 amide bonds. The van der Waals surface area contributed by atoms with Crippen LogP contribution in [-0.2, 0) is 0 Å². The molecule has 2 heteroatoms. The van der Waals surface area contributed by atoms with Crippen LogP contribution in [0.3, 0.4) is 0 Å². The SMILES string of the molecule is Cc1cccc(NC(C)c2cccc(O)c2)c1C. The first kappa shape index (κ1) is 12.5. The van der Waals surface area contributed by atoms with Gasteiger partial charge in [-0.3, -0.25) is 0 Å². The molecule has 0 saturated heterocycles. The molecule has 0 heterocycles. The number of anilines is 1. The first-order chi connectivity index (χ1) is 8.58. The molecule has 0 saturated carbocycles. The van der Waals surface area contributed by atoms with E-state index in [2.05, 4.69) is 44.3 Å². The Morgan fingerprint density at radius 3 is 2.50 bits per heavy atom. The Morgan fingerprint density at radius 2 is 1.78 bits per heavy atom. The summed E-state index contributed by atoms with van der Waals surface area (Å²) in [6.45, 7) is 6.32. The van der Waals surface area contributed by atoms with Crippen LogP contribution >= 0.6 is 0 Å². The quantitative estimate of drug-likeness (QED) is 0.844. The van der Waals surface area contributed by atoms with Crippen molar-refractivity contribution in [2.45, 2.75) is 26.8 Å². The third kappa shape index (κ3) is 2.65. The molecule has 2 rings (SSSR count). The molecule has 18 heavy (non-hydrogen) atoms. The van der Waals surface area contributed by atoms with Crippen molar-refractivity contribution in [1.82, 2.24) is 0 Å². The van der Waals surface area contributed by atoms with Crippen LogP contribution in [0.2, 0.25) is 0 Å². The number of aryl methyl sites for hydroxylation is 1. The van der Waals surface area contributed by atoms with Gasteiger partial charge in [-0.05, 0) is 55.7 Å². The molecule has 2 aromatic rings. The third-order valence-electron chi connectivity index (χ3n) is 3.35. The van der Waals surface area contributed by atoms with Crippen molar-refractivity contribution in [3.8, 4) is 5.75 Å². The van der Waals surface area contributed by atoms with Crippen LogP contribution in [0.5, 0.6) is 5.75 Å². The van der Waals surface area contributed by atoms with Gasteiger partial charge in [-0.2, -0.15) is 0 Å². The van der Waals surface area contributed by atoms with E-state index in [4.69, 9.17) is 0 Å². The minimum Gasteiger partial charge on any atom is -0.508 e. The summed E-state index contributed by atoms with van der Waals surface area (Å²) in [5.74, 6) is 0.308. The van der Waals surface area contributed by atoms with Gasteiger partial charge in [0, 0.05) is 11.7 Å². The molecule has 2 aromatic carbocycles. The Labute approximate surface area is 108 Å². The summed E-state index contributed by atoms with van der Waals surface area (Å²) in [7, 11) is 0. The summed E-state index contributed by atoms with van der Waals surface area (Å²) >= 11 is 0. The fourth-order valence-electron chi connectivity index (χ4n) is 2.02. The van der Waals surface area contributed by atoms with Gasteiger partial charge in [-0.25, -0.2) is 0 Å². The normalized spacial score (nSPS) is 12.2. The van der Waals surface area contributed by atoms with Crippen LogP contribution in [0.25, 0.3) is 0 Å². The number of aromatic hydroxyl groups is 1. The van der Waals surface area contributed by atoms with E-state index in [1.807, 2.05) is 12.1 Å². The molecule has 1 atom stereocenters. The van der Waals surface area contributed by atoms with Crippen LogP contribution in [0.4, 0.5) is 5.69 Å². The van der Waals surface area contributed by atoms with Crippen LogP contribution in [-0.4, -0.2) is 5.11 Å². The van der Waals surface area contributed by atoms with Gasteiger partial charge in [-0.1, -0.05) is 24.3 Å². The highest BCUT2D eigenvalue weighted by Gasteiger charge is 2.08. The van der Waals surface area contributed by atoms with Gasteiger partial charge in [0.25, 0.3) is 0 Å². The highest BCUT2D eigenvalue weighted by Crippen LogP contribution is 2.25. The number of hydrogen-bond acceptors (Lipinski definition) is 2. The lowest BCUT2D eigenvalue weighted by molar-refractivity contribution is 0.474. The minimum atomic E-state index is 0.164. The number of benzene rings is 2. The Hall–Kier alpha value is -1.96. The summed E-state index contributed by atoms with van der Waals surface area (Å²) in [5, 5.41) is 13.0. The zero-order valence-electron chi connectivity index (χ0n) is 11.1. The standard InChI is InChI=1S/C16H19NO/c1-11-6-4-9-16(12(11)2)17-13(3)14-7-5-8-15(18)10-14/h4-10,13,17-18H,1-3H3. The fraction of sp³-hybridized carbons (Fsp3) is 0.250. The van der Waals surface area contributed by atoms with E-state index in [9.17, 15) is 5.11 Å². The van der Waals surface area contributed by atoms with Crippen LogP contribution < -0.4 is 5.32 Å². The number of phenolic OH excluding ortho intramolecular Hbond substituents is 1. The van der Waals surface area contributed by atoms with Crippen molar-refractivity contribution in [2.24, 2.45) is 0 Å². The van der Waals surface area contributed by atoms with E-state index in [-0.39, 0.29) is 6.04 Å². The van der Waals surface area contributed by atoms with Gasteiger partial charge in [0.15, 0.2) is 0 Å². The molecular weight excluding hydrogens is 222 g/mol. The van der Waals surface area contributed by atoms with E-state index >= 15 is 0 Å². The van der Waals surface area contributed by atoms with E-state index < -0.39 is 0 Å². The third-order valence-corrected chi connectivity index (χ3v) is 3.35. The summed E-state index contributed by atoms with van der Waals surface area (Å²) in [6.07, 6.45) is 0. The monoisotopic (exact) mass is 241 g/mol. The lowest BCUT2D eigenvalue weighted by atomic mass is 10.0. The first-order valence-electron chi connectivity index (χ1n) is 6.19. The molecule has 1 unspecified atom stereocenters. The van der Waals surface area contributed by atoms with Crippen LogP contribution in [0, 0.1) is 13.8 Å².